The molecular formula is C18H18N2O3. The van der Waals surface area contributed by atoms with E-state index in [2.05, 4.69) is 28.5 Å². The van der Waals surface area contributed by atoms with Gasteiger partial charge in [0, 0.05) is 17.4 Å². The molecule has 0 aliphatic carbocycles. The van der Waals surface area contributed by atoms with Crippen molar-refractivity contribution in [3.63, 3.8) is 0 Å². The lowest BCUT2D eigenvalue weighted by Crippen LogP contribution is -2.37. The molecule has 1 atom stereocenters. The van der Waals surface area contributed by atoms with E-state index in [-0.39, 0.29) is 12.0 Å². The zero-order chi connectivity index (χ0) is 15.6. The largest absolute Gasteiger partial charge is 0.355 e. The molecule has 0 saturated carbocycles. The van der Waals surface area contributed by atoms with E-state index < -0.39 is 0 Å². The number of rotatable bonds is 3. The molecule has 118 valence electrons. The van der Waals surface area contributed by atoms with E-state index >= 15 is 0 Å². The van der Waals surface area contributed by atoms with Gasteiger partial charge in [0.15, 0.2) is 0 Å². The first-order valence-electron chi connectivity index (χ1n) is 7.79. The SMILES string of the molecule is O=C(NCC1CCOCO1)c1cc2c(ccc3ccccc32)[nH]1. The van der Waals surface area contributed by atoms with Crippen LogP contribution in [-0.4, -0.2) is 36.9 Å². The molecule has 2 N–H and O–H groups in total. The quantitative estimate of drug-likeness (QED) is 0.782. The molecular weight excluding hydrogens is 292 g/mol. The standard InChI is InChI=1S/C18H18N2O3/c21-18(19-10-13-7-8-22-11-23-13)17-9-15-14-4-2-1-3-12(14)5-6-16(15)20-17/h1-6,9,13,20H,7-8,10-11H2,(H,19,21). The summed E-state index contributed by atoms with van der Waals surface area (Å²) in [6.45, 7) is 1.48. The van der Waals surface area contributed by atoms with Crippen LogP contribution in [0.3, 0.4) is 0 Å². The molecule has 1 aromatic heterocycles. The van der Waals surface area contributed by atoms with E-state index in [1.165, 1.54) is 5.39 Å². The van der Waals surface area contributed by atoms with Crippen LogP contribution in [0.2, 0.25) is 0 Å². The van der Waals surface area contributed by atoms with Crippen molar-refractivity contribution in [1.82, 2.24) is 10.3 Å². The minimum absolute atomic E-state index is 0.0258. The molecule has 1 fully saturated rings. The average molecular weight is 310 g/mol. The first-order chi connectivity index (χ1) is 11.3. The molecule has 23 heavy (non-hydrogen) atoms. The van der Waals surface area contributed by atoms with E-state index in [4.69, 9.17) is 9.47 Å². The van der Waals surface area contributed by atoms with Crippen LogP contribution in [0.4, 0.5) is 0 Å². The van der Waals surface area contributed by atoms with Crippen molar-refractivity contribution in [2.75, 3.05) is 19.9 Å². The highest BCUT2D eigenvalue weighted by atomic mass is 16.7. The average Bonchev–Trinajstić information content (AvgIpc) is 3.05. The Kier molecular flexibility index (Phi) is 3.73. The van der Waals surface area contributed by atoms with Crippen LogP contribution in [0.5, 0.6) is 0 Å². The molecule has 3 aromatic rings. The molecule has 1 unspecified atom stereocenters. The summed E-state index contributed by atoms with van der Waals surface area (Å²) < 4.78 is 10.6. The molecule has 2 heterocycles. The molecule has 5 heteroatoms. The minimum atomic E-state index is -0.111. The van der Waals surface area contributed by atoms with Crippen LogP contribution in [0.1, 0.15) is 16.9 Å². The van der Waals surface area contributed by atoms with Crippen molar-refractivity contribution in [2.24, 2.45) is 0 Å². The Morgan fingerprint density at radius 2 is 2.13 bits per heavy atom. The first kappa shape index (κ1) is 14.2. The molecule has 1 aliphatic heterocycles. The lowest BCUT2D eigenvalue weighted by atomic mass is 10.1. The number of aromatic nitrogens is 1. The van der Waals surface area contributed by atoms with Gasteiger partial charge in [-0.15, -0.1) is 0 Å². The van der Waals surface area contributed by atoms with Crippen LogP contribution in [-0.2, 0) is 9.47 Å². The van der Waals surface area contributed by atoms with Gasteiger partial charge < -0.3 is 19.8 Å². The van der Waals surface area contributed by atoms with Crippen LogP contribution in [0.15, 0.2) is 42.5 Å². The molecule has 1 aliphatic rings. The molecule has 0 radical (unpaired) electrons. The molecule has 1 amide bonds. The van der Waals surface area contributed by atoms with Gasteiger partial charge in [0.25, 0.3) is 5.91 Å². The molecule has 2 aromatic carbocycles. The van der Waals surface area contributed by atoms with E-state index in [0.717, 1.165) is 22.7 Å². The third kappa shape index (κ3) is 2.81. The van der Waals surface area contributed by atoms with Gasteiger partial charge in [-0.05, 0) is 29.3 Å². The fraction of sp³-hybridized carbons (Fsp3) is 0.278. The van der Waals surface area contributed by atoms with Gasteiger partial charge in [0.05, 0.1) is 12.7 Å². The first-order valence-corrected chi connectivity index (χ1v) is 7.79. The number of hydrogen-bond acceptors (Lipinski definition) is 3. The molecule has 0 bridgehead atoms. The number of benzene rings is 2. The van der Waals surface area contributed by atoms with Crippen molar-refractivity contribution in [1.29, 1.82) is 0 Å². The van der Waals surface area contributed by atoms with Gasteiger partial charge in [-0.2, -0.15) is 0 Å². The van der Waals surface area contributed by atoms with Crippen LogP contribution in [0, 0.1) is 0 Å². The van der Waals surface area contributed by atoms with E-state index in [1.54, 1.807) is 0 Å². The third-order valence-electron chi connectivity index (χ3n) is 4.23. The summed E-state index contributed by atoms with van der Waals surface area (Å²) in [5.41, 5.74) is 1.54. The summed E-state index contributed by atoms with van der Waals surface area (Å²) in [5.74, 6) is -0.111. The maximum atomic E-state index is 12.4. The number of carbonyl (C=O) groups excluding carboxylic acids is 1. The normalized spacial score (nSPS) is 18.3. The fourth-order valence-corrected chi connectivity index (χ4v) is 2.97. The van der Waals surface area contributed by atoms with Crippen molar-refractivity contribution in [2.45, 2.75) is 12.5 Å². The Bertz CT molecular complexity index is 850. The summed E-state index contributed by atoms with van der Waals surface area (Å²) in [7, 11) is 0. The second-order valence-corrected chi connectivity index (χ2v) is 5.74. The maximum Gasteiger partial charge on any atom is 0.267 e. The van der Waals surface area contributed by atoms with E-state index in [9.17, 15) is 4.79 Å². The van der Waals surface area contributed by atoms with Crippen molar-refractivity contribution < 1.29 is 14.3 Å². The highest BCUT2D eigenvalue weighted by Gasteiger charge is 2.17. The highest BCUT2D eigenvalue weighted by molar-refractivity contribution is 6.09. The smallest absolute Gasteiger partial charge is 0.267 e. The zero-order valence-electron chi connectivity index (χ0n) is 12.7. The van der Waals surface area contributed by atoms with Gasteiger partial charge in [-0.3, -0.25) is 4.79 Å². The zero-order valence-corrected chi connectivity index (χ0v) is 12.7. The molecule has 0 spiro atoms. The maximum absolute atomic E-state index is 12.4. The number of carbonyl (C=O) groups is 1. The Morgan fingerprint density at radius 1 is 1.22 bits per heavy atom. The van der Waals surface area contributed by atoms with Crippen molar-refractivity contribution >= 4 is 27.6 Å². The third-order valence-corrected chi connectivity index (χ3v) is 4.23. The monoisotopic (exact) mass is 310 g/mol. The topological polar surface area (TPSA) is 63.4 Å². The summed E-state index contributed by atoms with van der Waals surface area (Å²) in [6, 6.07) is 14.2. The number of nitrogens with one attached hydrogen (secondary N) is 2. The van der Waals surface area contributed by atoms with E-state index in [1.807, 2.05) is 24.3 Å². The lowest BCUT2D eigenvalue weighted by Gasteiger charge is -2.22. The molecule has 5 nitrogen and oxygen atoms in total. The summed E-state index contributed by atoms with van der Waals surface area (Å²) in [4.78, 5) is 15.6. The van der Waals surface area contributed by atoms with Gasteiger partial charge in [-0.1, -0.05) is 30.3 Å². The number of ether oxygens (including phenoxy) is 2. The molecule has 4 rings (SSSR count). The van der Waals surface area contributed by atoms with Gasteiger partial charge in [-0.25, -0.2) is 0 Å². The number of fused-ring (bicyclic) bond motifs is 3. The number of hydrogen-bond donors (Lipinski definition) is 2. The van der Waals surface area contributed by atoms with Crippen LogP contribution >= 0.6 is 0 Å². The van der Waals surface area contributed by atoms with Gasteiger partial charge in [0.1, 0.15) is 12.5 Å². The Hall–Kier alpha value is -2.37. The van der Waals surface area contributed by atoms with Crippen molar-refractivity contribution in [3.05, 3.63) is 48.2 Å². The van der Waals surface area contributed by atoms with Crippen LogP contribution < -0.4 is 5.32 Å². The Morgan fingerprint density at radius 3 is 3.00 bits per heavy atom. The fourth-order valence-electron chi connectivity index (χ4n) is 2.97. The predicted octanol–water partition coefficient (Wildman–Crippen LogP) is 2.81. The van der Waals surface area contributed by atoms with Gasteiger partial charge in [0.2, 0.25) is 0 Å². The Labute approximate surface area is 133 Å². The number of amides is 1. The Balaban J connectivity index is 1.56. The summed E-state index contributed by atoms with van der Waals surface area (Å²) in [6.07, 6.45) is 0.829. The number of H-pyrrole nitrogens is 1. The summed E-state index contributed by atoms with van der Waals surface area (Å²) in [5, 5.41) is 6.31. The minimum Gasteiger partial charge on any atom is -0.355 e. The summed E-state index contributed by atoms with van der Waals surface area (Å²) >= 11 is 0. The number of aromatic amines is 1. The lowest BCUT2D eigenvalue weighted by molar-refractivity contribution is -0.136. The molecule has 1 saturated heterocycles. The van der Waals surface area contributed by atoms with Crippen molar-refractivity contribution in [3.8, 4) is 0 Å². The van der Waals surface area contributed by atoms with E-state index in [0.29, 0.717) is 25.6 Å². The predicted molar refractivity (Wildman–Crippen MR) is 88.4 cm³/mol. The second kappa shape index (κ2) is 6.02. The van der Waals surface area contributed by atoms with Crippen LogP contribution in [0.25, 0.3) is 21.7 Å². The second-order valence-electron chi connectivity index (χ2n) is 5.74. The highest BCUT2D eigenvalue weighted by Crippen LogP contribution is 2.25. The van der Waals surface area contributed by atoms with Gasteiger partial charge >= 0.3 is 0 Å².